The third-order valence-electron chi connectivity index (χ3n) is 7.66. The summed E-state index contributed by atoms with van der Waals surface area (Å²) < 4.78 is 44.2. The second kappa shape index (κ2) is 10.8. The maximum absolute atomic E-state index is 13.7. The second-order valence-corrected chi connectivity index (χ2v) is 14.0. The van der Waals surface area contributed by atoms with Gasteiger partial charge < -0.3 is 19.5 Å². The summed E-state index contributed by atoms with van der Waals surface area (Å²) >= 11 is 0. The van der Waals surface area contributed by atoms with Gasteiger partial charge in [-0.25, -0.2) is 18.2 Å². The summed E-state index contributed by atoms with van der Waals surface area (Å²) in [4.78, 5) is 45.8. The number of hydrogen-bond acceptors (Lipinski definition) is 9. The molecule has 3 fully saturated rings. The molecule has 3 amide bonds. The molecule has 2 N–H and O–H groups in total. The molecule has 1 aromatic heterocycles. The minimum atomic E-state index is -3.83. The van der Waals surface area contributed by atoms with Gasteiger partial charge in [0.15, 0.2) is 0 Å². The van der Waals surface area contributed by atoms with Gasteiger partial charge in [0.1, 0.15) is 29.0 Å². The predicted octanol–water partition coefficient (Wildman–Crippen LogP) is 2.67. The van der Waals surface area contributed by atoms with E-state index in [-0.39, 0.29) is 19.4 Å². The van der Waals surface area contributed by atoms with E-state index in [4.69, 9.17) is 14.2 Å². The Hall–Kier alpha value is -3.87. The monoisotopic (exact) mass is 600 g/mol. The molecule has 5 rings (SSSR count). The maximum atomic E-state index is 13.7. The fraction of sp³-hybridized carbons (Fsp3) is 0.517. The van der Waals surface area contributed by atoms with Gasteiger partial charge in [0.25, 0.3) is 5.91 Å². The third-order valence-corrected chi connectivity index (χ3v) is 9.48. The zero-order chi connectivity index (χ0) is 30.4. The summed E-state index contributed by atoms with van der Waals surface area (Å²) in [6.07, 6.45) is 3.02. The van der Waals surface area contributed by atoms with E-state index in [2.05, 4.69) is 21.6 Å². The lowest BCUT2D eigenvalue weighted by molar-refractivity contribution is -0.131. The molecule has 1 saturated heterocycles. The standard InChI is InChI=1S/C29H36N4O8S/c1-6-18-15-29(18,26(35)32-42(37,38)21-9-10-21)31-24(34)23-14-20(16-33(23)27(36)41-28(2,3)4)40-25-22-13-19(39-5)8-7-17(22)11-12-30-25/h6-8,11-13,18,20-21,23H,1,9-10,14-16H2,2-5H3,(H,31,34)(H,32,35)/t18-,20-,23?,29-/m1/s1. The van der Waals surface area contributed by atoms with Crippen LogP contribution >= 0.6 is 0 Å². The fourth-order valence-corrected chi connectivity index (χ4v) is 6.54. The van der Waals surface area contributed by atoms with Crippen molar-refractivity contribution in [3.8, 4) is 11.6 Å². The lowest BCUT2D eigenvalue weighted by Crippen LogP contribution is -2.56. The highest BCUT2D eigenvalue weighted by atomic mass is 32.2. The van der Waals surface area contributed by atoms with Crippen molar-refractivity contribution in [1.29, 1.82) is 0 Å². The number of likely N-dealkylation sites (tertiary alicyclic amines) is 1. The van der Waals surface area contributed by atoms with Crippen LogP contribution in [0.1, 0.15) is 46.5 Å². The van der Waals surface area contributed by atoms with E-state index in [9.17, 15) is 22.8 Å². The summed E-state index contributed by atoms with van der Waals surface area (Å²) in [6, 6.07) is 6.27. The molecule has 226 valence electrons. The molecule has 0 spiro atoms. The lowest BCUT2D eigenvalue weighted by Gasteiger charge is -2.29. The van der Waals surface area contributed by atoms with Crippen LogP contribution in [0.5, 0.6) is 11.6 Å². The lowest BCUT2D eigenvalue weighted by atomic mass is 10.1. The van der Waals surface area contributed by atoms with Crippen LogP contribution < -0.4 is 19.5 Å². The number of ether oxygens (including phenoxy) is 3. The van der Waals surface area contributed by atoms with Gasteiger partial charge in [0.2, 0.25) is 21.8 Å². The number of benzene rings is 1. The number of nitrogens with zero attached hydrogens (tertiary/aromatic N) is 2. The van der Waals surface area contributed by atoms with Crippen molar-refractivity contribution in [3.63, 3.8) is 0 Å². The van der Waals surface area contributed by atoms with E-state index >= 15 is 0 Å². The minimum Gasteiger partial charge on any atom is -0.497 e. The SMILES string of the molecule is C=C[C@@H]1C[C@]1(NC(=O)C1C[C@@H](Oc2nccc3ccc(OC)cc23)CN1C(=O)OC(C)(C)C)C(=O)NS(=O)(=O)C1CC1. The van der Waals surface area contributed by atoms with Crippen LogP contribution in [0.3, 0.4) is 0 Å². The molecule has 1 aliphatic heterocycles. The molecule has 2 saturated carbocycles. The van der Waals surface area contributed by atoms with E-state index < -0.39 is 62.4 Å². The molecular formula is C29H36N4O8S. The van der Waals surface area contributed by atoms with Crippen molar-refractivity contribution in [2.75, 3.05) is 13.7 Å². The zero-order valence-electron chi connectivity index (χ0n) is 24.1. The average molecular weight is 601 g/mol. The van der Waals surface area contributed by atoms with Crippen LogP contribution in [-0.4, -0.2) is 78.4 Å². The van der Waals surface area contributed by atoms with Crippen molar-refractivity contribution in [1.82, 2.24) is 19.9 Å². The Morgan fingerprint density at radius 1 is 1.19 bits per heavy atom. The zero-order valence-corrected chi connectivity index (χ0v) is 24.9. The number of nitrogens with one attached hydrogen (secondary N) is 2. The number of carbonyl (C=O) groups is 3. The first-order valence-corrected chi connectivity index (χ1v) is 15.4. The van der Waals surface area contributed by atoms with Crippen molar-refractivity contribution in [2.45, 2.75) is 75.0 Å². The molecule has 2 aromatic rings. The van der Waals surface area contributed by atoms with Crippen LogP contribution in [0.15, 0.2) is 43.1 Å². The molecule has 2 aliphatic carbocycles. The molecule has 3 aliphatic rings. The second-order valence-electron chi connectivity index (χ2n) is 12.0. The predicted molar refractivity (Wildman–Crippen MR) is 153 cm³/mol. The highest BCUT2D eigenvalue weighted by Crippen LogP contribution is 2.45. The number of fused-ring (bicyclic) bond motifs is 1. The van der Waals surface area contributed by atoms with Gasteiger partial charge in [-0.2, -0.15) is 0 Å². The molecule has 4 atom stereocenters. The van der Waals surface area contributed by atoms with E-state index in [1.807, 2.05) is 18.2 Å². The number of rotatable bonds is 9. The minimum absolute atomic E-state index is 0.0230. The van der Waals surface area contributed by atoms with Crippen molar-refractivity contribution >= 4 is 38.7 Å². The number of carbonyl (C=O) groups excluding carboxylic acids is 3. The smallest absolute Gasteiger partial charge is 0.411 e. The van der Waals surface area contributed by atoms with E-state index in [0.717, 1.165) is 5.39 Å². The van der Waals surface area contributed by atoms with Crippen LogP contribution in [-0.2, 0) is 24.3 Å². The topological polar surface area (TPSA) is 153 Å². The van der Waals surface area contributed by atoms with Gasteiger partial charge in [-0.3, -0.25) is 19.2 Å². The molecule has 12 nitrogen and oxygen atoms in total. The summed E-state index contributed by atoms with van der Waals surface area (Å²) in [5.74, 6) is -0.960. The van der Waals surface area contributed by atoms with E-state index in [0.29, 0.717) is 29.9 Å². The van der Waals surface area contributed by atoms with Gasteiger partial charge in [-0.05, 0) is 63.6 Å². The molecule has 0 bridgehead atoms. The van der Waals surface area contributed by atoms with Crippen molar-refractivity contribution < 1.29 is 37.0 Å². The maximum Gasteiger partial charge on any atom is 0.411 e. The Morgan fingerprint density at radius 2 is 1.93 bits per heavy atom. The molecule has 0 radical (unpaired) electrons. The highest BCUT2D eigenvalue weighted by Gasteiger charge is 2.62. The van der Waals surface area contributed by atoms with Gasteiger partial charge in [-0.15, -0.1) is 6.58 Å². The van der Waals surface area contributed by atoms with Crippen LogP contribution in [0.4, 0.5) is 4.79 Å². The summed E-state index contributed by atoms with van der Waals surface area (Å²) in [7, 11) is -2.27. The van der Waals surface area contributed by atoms with Crippen molar-refractivity contribution in [3.05, 3.63) is 43.1 Å². The number of aromatic nitrogens is 1. The summed E-state index contributed by atoms with van der Waals surface area (Å²) in [6.45, 7) is 8.91. The van der Waals surface area contributed by atoms with Crippen LogP contribution in [0, 0.1) is 5.92 Å². The number of pyridine rings is 1. The van der Waals surface area contributed by atoms with Gasteiger partial charge in [0, 0.05) is 23.9 Å². The Morgan fingerprint density at radius 3 is 2.55 bits per heavy atom. The first-order valence-electron chi connectivity index (χ1n) is 13.9. The van der Waals surface area contributed by atoms with Crippen LogP contribution in [0.2, 0.25) is 0 Å². The van der Waals surface area contributed by atoms with Crippen molar-refractivity contribution in [2.24, 2.45) is 5.92 Å². The molecule has 42 heavy (non-hydrogen) atoms. The fourth-order valence-electron chi connectivity index (χ4n) is 5.17. The van der Waals surface area contributed by atoms with Gasteiger partial charge >= 0.3 is 6.09 Å². The first kappa shape index (κ1) is 29.6. The summed E-state index contributed by atoms with van der Waals surface area (Å²) in [5.41, 5.74) is -2.30. The molecule has 13 heteroatoms. The quantitative estimate of drug-likeness (QED) is 0.414. The Bertz CT molecular complexity index is 1530. The Labute approximate surface area is 244 Å². The third kappa shape index (κ3) is 6.01. The largest absolute Gasteiger partial charge is 0.497 e. The Kier molecular flexibility index (Phi) is 7.58. The average Bonchev–Trinajstić information content (AvgIpc) is 3.84. The van der Waals surface area contributed by atoms with Gasteiger partial charge in [-0.1, -0.05) is 12.1 Å². The molecule has 2 heterocycles. The number of methoxy groups -OCH3 is 1. The highest BCUT2D eigenvalue weighted by molar-refractivity contribution is 7.91. The van der Waals surface area contributed by atoms with Gasteiger partial charge in [0.05, 0.1) is 18.9 Å². The normalized spacial score (nSPS) is 25.4. The molecule has 1 unspecified atom stereocenters. The molecular weight excluding hydrogens is 564 g/mol. The number of amides is 3. The van der Waals surface area contributed by atoms with E-state index in [1.54, 1.807) is 40.1 Å². The van der Waals surface area contributed by atoms with E-state index in [1.165, 1.54) is 11.0 Å². The summed E-state index contributed by atoms with van der Waals surface area (Å²) in [5, 5.41) is 3.71. The Balaban J connectivity index is 1.38. The van der Waals surface area contributed by atoms with Crippen LogP contribution in [0.25, 0.3) is 10.8 Å². The molecule has 1 aromatic carbocycles. The number of sulfonamides is 1. The first-order chi connectivity index (χ1) is 19.8. The number of hydrogen-bond donors (Lipinski definition) is 2.